The van der Waals surface area contributed by atoms with Crippen LogP contribution in [0.25, 0.3) is 0 Å². The van der Waals surface area contributed by atoms with Gasteiger partial charge in [0.2, 0.25) is 0 Å². The summed E-state index contributed by atoms with van der Waals surface area (Å²) in [4.78, 5) is 0. The summed E-state index contributed by atoms with van der Waals surface area (Å²) in [6.45, 7) is 0. The second-order valence-corrected chi connectivity index (χ2v) is 3.15. The number of aromatic hydroxyl groups is 2. The van der Waals surface area contributed by atoms with Crippen molar-refractivity contribution in [2.45, 2.75) is 6.42 Å². The van der Waals surface area contributed by atoms with Crippen LogP contribution in [0.2, 0.25) is 0 Å². The number of hydrogen-bond donors (Lipinski definition) is 2. The highest BCUT2D eigenvalue weighted by Gasteiger charge is 2.14. The van der Waals surface area contributed by atoms with Crippen LogP contribution >= 0.6 is 15.9 Å². The maximum absolute atomic E-state index is 13.0. The molecular weight excluding hydrogens is 241 g/mol. The number of hydrogen-bond acceptors (Lipinski definition) is 3. The SMILES string of the molecule is N#CCc1c(F)cc(O)c(O)c1Br. The molecule has 13 heavy (non-hydrogen) atoms. The molecule has 1 aromatic rings. The van der Waals surface area contributed by atoms with Gasteiger partial charge in [-0.2, -0.15) is 5.26 Å². The van der Waals surface area contributed by atoms with E-state index in [9.17, 15) is 4.39 Å². The van der Waals surface area contributed by atoms with Crippen LogP contribution in [0.5, 0.6) is 11.5 Å². The van der Waals surface area contributed by atoms with Crippen molar-refractivity contribution in [3.8, 4) is 17.6 Å². The standard InChI is InChI=1S/C8H5BrFNO2/c9-7-4(1-2-11)5(10)3-6(12)8(7)13/h3,12-13H,1H2. The molecular formula is C8H5BrFNO2. The van der Waals surface area contributed by atoms with Gasteiger partial charge in [0.05, 0.1) is 17.0 Å². The minimum atomic E-state index is -0.719. The summed E-state index contributed by atoms with van der Waals surface area (Å²) in [5.41, 5.74) is 0.0396. The monoisotopic (exact) mass is 245 g/mol. The van der Waals surface area contributed by atoms with Gasteiger partial charge in [0.15, 0.2) is 11.5 Å². The molecule has 0 aliphatic carbocycles. The van der Waals surface area contributed by atoms with E-state index >= 15 is 0 Å². The van der Waals surface area contributed by atoms with Crippen molar-refractivity contribution in [3.05, 3.63) is 21.9 Å². The fourth-order valence-corrected chi connectivity index (χ4v) is 1.41. The smallest absolute Gasteiger partial charge is 0.172 e. The molecule has 0 unspecified atom stereocenters. The summed E-state index contributed by atoms with van der Waals surface area (Å²) in [6.07, 6.45) is -0.166. The van der Waals surface area contributed by atoms with Crippen molar-refractivity contribution >= 4 is 15.9 Å². The highest BCUT2D eigenvalue weighted by molar-refractivity contribution is 9.10. The molecule has 0 aromatic heterocycles. The molecule has 68 valence electrons. The van der Waals surface area contributed by atoms with Crippen molar-refractivity contribution in [2.24, 2.45) is 0 Å². The van der Waals surface area contributed by atoms with Crippen LogP contribution < -0.4 is 0 Å². The average molecular weight is 246 g/mol. The Morgan fingerprint density at radius 1 is 1.54 bits per heavy atom. The Kier molecular flexibility index (Phi) is 2.73. The van der Waals surface area contributed by atoms with E-state index in [-0.39, 0.29) is 16.5 Å². The van der Waals surface area contributed by atoms with E-state index in [2.05, 4.69) is 15.9 Å². The number of phenols is 2. The first kappa shape index (κ1) is 9.81. The molecule has 0 aliphatic heterocycles. The zero-order chi connectivity index (χ0) is 10.0. The molecule has 3 nitrogen and oxygen atoms in total. The molecule has 5 heteroatoms. The fourth-order valence-electron chi connectivity index (χ4n) is 0.877. The van der Waals surface area contributed by atoms with Crippen LogP contribution in [0.15, 0.2) is 10.5 Å². The minimum Gasteiger partial charge on any atom is -0.504 e. The Labute approximate surface area is 82.2 Å². The molecule has 0 amide bonds. The third-order valence-corrected chi connectivity index (χ3v) is 2.38. The topological polar surface area (TPSA) is 64.2 Å². The lowest BCUT2D eigenvalue weighted by Gasteiger charge is -2.05. The lowest BCUT2D eigenvalue weighted by atomic mass is 10.1. The maximum atomic E-state index is 13.0. The van der Waals surface area contributed by atoms with Crippen LogP contribution in [-0.4, -0.2) is 10.2 Å². The summed E-state index contributed by atoms with van der Waals surface area (Å²) in [5.74, 6) is -1.72. The largest absolute Gasteiger partial charge is 0.504 e. The van der Waals surface area contributed by atoms with Crippen LogP contribution in [0, 0.1) is 17.1 Å². The Morgan fingerprint density at radius 3 is 2.69 bits per heavy atom. The number of phenolic OH excluding ortho intramolecular Hbond substituents is 2. The number of rotatable bonds is 1. The van der Waals surface area contributed by atoms with Gasteiger partial charge in [-0.05, 0) is 15.9 Å². The molecule has 0 bridgehead atoms. The quantitative estimate of drug-likeness (QED) is 0.745. The predicted molar refractivity (Wildman–Crippen MR) is 46.7 cm³/mol. The van der Waals surface area contributed by atoms with Crippen LogP contribution in [0.1, 0.15) is 5.56 Å². The van der Waals surface area contributed by atoms with Gasteiger partial charge in [0.25, 0.3) is 0 Å². The van der Waals surface area contributed by atoms with Crippen LogP contribution in [0.3, 0.4) is 0 Å². The molecule has 0 spiro atoms. The zero-order valence-electron chi connectivity index (χ0n) is 6.38. The third kappa shape index (κ3) is 1.73. The van der Waals surface area contributed by atoms with E-state index in [1.165, 1.54) is 0 Å². The van der Waals surface area contributed by atoms with E-state index < -0.39 is 17.3 Å². The van der Waals surface area contributed by atoms with Crippen molar-refractivity contribution in [1.82, 2.24) is 0 Å². The molecule has 0 aliphatic rings. The van der Waals surface area contributed by atoms with E-state index in [0.29, 0.717) is 0 Å². The number of nitrogens with zero attached hydrogens (tertiary/aromatic N) is 1. The van der Waals surface area contributed by atoms with Crippen molar-refractivity contribution in [2.75, 3.05) is 0 Å². The molecule has 0 saturated carbocycles. The van der Waals surface area contributed by atoms with Crippen LogP contribution in [-0.2, 0) is 6.42 Å². The summed E-state index contributed by atoms with van der Waals surface area (Å²) in [6, 6.07) is 2.52. The number of nitriles is 1. The van der Waals surface area contributed by atoms with Gasteiger partial charge in [0.1, 0.15) is 5.82 Å². The number of halogens is 2. The average Bonchev–Trinajstić information content (AvgIpc) is 2.09. The molecule has 1 rings (SSSR count). The summed E-state index contributed by atoms with van der Waals surface area (Å²) < 4.78 is 13.0. The first-order chi connectivity index (χ1) is 6.07. The highest BCUT2D eigenvalue weighted by atomic mass is 79.9. The van der Waals surface area contributed by atoms with Gasteiger partial charge in [-0.3, -0.25) is 0 Å². The molecule has 0 saturated heterocycles. The molecule has 0 fully saturated rings. The van der Waals surface area contributed by atoms with Gasteiger partial charge in [-0.15, -0.1) is 0 Å². The summed E-state index contributed by atoms with van der Waals surface area (Å²) in [7, 11) is 0. The van der Waals surface area contributed by atoms with E-state index in [1.807, 2.05) is 0 Å². The molecule has 1 aromatic carbocycles. The Morgan fingerprint density at radius 2 is 2.15 bits per heavy atom. The fraction of sp³-hybridized carbons (Fsp3) is 0.125. The summed E-state index contributed by atoms with van der Waals surface area (Å²) in [5, 5.41) is 26.5. The molecule has 0 heterocycles. The lowest BCUT2D eigenvalue weighted by Crippen LogP contribution is -1.91. The van der Waals surface area contributed by atoms with Gasteiger partial charge in [-0.1, -0.05) is 0 Å². The Balaban J connectivity index is 3.36. The van der Waals surface area contributed by atoms with E-state index in [4.69, 9.17) is 15.5 Å². The molecule has 0 atom stereocenters. The minimum absolute atomic E-state index is 0.0200. The van der Waals surface area contributed by atoms with E-state index in [1.54, 1.807) is 6.07 Å². The Bertz CT molecular complexity index is 387. The number of benzene rings is 1. The van der Waals surface area contributed by atoms with Crippen molar-refractivity contribution in [1.29, 1.82) is 5.26 Å². The van der Waals surface area contributed by atoms with Crippen LogP contribution in [0.4, 0.5) is 4.39 Å². The predicted octanol–water partition coefficient (Wildman–Crippen LogP) is 2.07. The van der Waals surface area contributed by atoms with Gasteiger partial charge >= 0.3 is 0 Å². The lowest BCUT2D eigenvalue weighted by molar-refractivity contribution is 0.396. The Hall–Kier alpha value is -1.28. The van der Waals surface area contributed by atoms with Gasteiger partial charge in [0, 0.05) is 11.6 Å². The van der Waals surface area contributed by atoms with Crippen molar-refractivity contribution in [3.63, 3.8) is 0 Å². The highest BCUT2D eigenvalue weighted by Crippen LogP contribution is 2.37. The maximum Gasteiger partial charge on any atom is 0.172 e. The second kappa shape index (κ2) is 3.62. The van der Waals surface area contributed by atoms with E-state index in [0.717, 1.165) is 6.07 Å². The molecule has 2 N–H and O–H groups in total. The van der Waals surface area contributed by atoms with Crippen molar-refractivity contribution < 1.29 is 14.6 Å². The van der Waals surface area contributed by atoms with Gasteiger partial charge in [-0.25, -0.2) is 4.39 Å². The third-order valence-electron chi connectivity index (χ3n) is 1.52. The second-order valence-electron chi connectivity index (χ2n) is 2.35. The normalized spacial score (nSPS) is 9.62. The molecule has 0 radical (unpaired) electrons. The van der Waals surface area contributed by atoms with Gasteiger partial charge < -0.3 is 10.2 Å². The zero-order valence-corrected chi connectivity index (χ0v) is 7.97. The first-order valence-corrected chi connectivity index (χ1v) is 4.13. The first-order valence-electron chi connectivity index (χ1n) is 3.33. The summed E-state index contributed by atoms with van der Waals surface area (Å²) >= 11 is 2.88.